The fourth-order valence-electron chi connectivity index (χ4n) is 2.12. The highest BCUT2D eigenvalue weighted by Gasteiger charge is 2.13. The quantitative estimate of drug-likeness (QED) is 0.680. The second kappa shape index (κ2) is 4.99. The third-order valence-corrected chi connectivity index (χ3v) is 3.56. The van der Waals surface area contributed by atoms with Crippen LogP contribution < -0.4 is 0 Å². The Kier molecular flexibility index (Phi) is 3.17. The minimum Gasteiger partial charge on any atom is -0.356 e. The van der Waals surface area contributed by atoms with Crippen molar-refractivity contribution >= 4 is 22.6 Å². The number of fused-ring (bicyclic) bond motifs is 1. The van der Waals surface area contributed by atoms with E-state index in [4.69, 9.17) is 21.4 Å². The van der Waals surface area contributed by atoms with Crippen LogP contribution in [0, 0.1) is 11.3 Å². The van der Waals surface area contributed by atoms with E-state index in [1.807, 2.05) is 49.4 Å². The first-order valence-electron chi connectivity index (χ1n) is 6.24. The Morgan fingerprint density at radius 2 is 1.95 bits per heavy atom. The summed E-state index contributed by atoms with van der Waals surface area (Å²) in [5.41, 5.74) is 3.38. The topological polar surface area (TPSA) is 49.8 Å². The molecule has 0 radical (unpaired) electrons. The van der Waals surface area contributed by atoms with Crippen molar-refractivity contribution in [3.8, 4) is 17.3 Å². The van der Waals surface area contributed by atoms with Crippen molar-refractivity contribution in [1.82, 2.24) is 5.16 Å². The molecule has 0 saturated carbocycles. The molecule has 0 fully saturated rings. The van der Waals surface area contributed by atoms with Crippen LogP contribution >= 0.6 is 11.6 Å². The third kappa shape index (κ3) is 2.15. The maximum absolute atomic E-state index is 9.02. The van der Waals surface area contributed by atoms with Crippen LogP contribution in [0.3, 0.4) is 0 Å². The number of halogens is 1. The van der Waals surface area contributed by atoms with E-state index in [9.17, 15) is 0 Å². The van der Waals surface area contributed by atoms with Crippen molar-refractivity contribution in [2.24, 2.45) is 0 Å². The average molecular weight is 283 g/mol. The largest absolute Gasteiger partial charge is 0.356 e. The van der Waals surface area contributed by atoms with Crippen LogP contribution in [0.15, 0.2) is 47.0 Å². The van der Waals surface area contributed by atoms with Crippen LogP contribution in [0.4, 0.5) is 0 Å². The van der Waals surface area contributed by atoms with E-state index in [0.717, 1.165) is 22.2 Å². The van der Waals surface area contributed by atoms with Gasteiger partial charge in [0.05, 0.1) is 17.4 Å². The minimum atomic E-state index is -0.160. The smallest absolute Gasteiger partial charge is 0.167 e. The summed E-state index contributed by atoms with van der Waals surface area (Å²) < 4.78 is 5.34. The highest BCUT2D eigenvalue weighted by atomic mass is 35.5. The number of hydrogen-bond donors (Lipinski definition) is 0. The molecule has 0 aliphatic carbocycles. The second-order valence-electron chi connectivity index (χ2n) is 4.64. The number of benzene rings is 2. The molecule has 1 atom stereocenters. The van der Waals surface area contributed by atoms with Gasteiger partial charge in [-0.3, -0.25) is 0 Å². The van der Waals surface area contributed by atoms with Crippen molar-refractivity contribution in [2.75, 3.05) is 0 Å². The zero-order valence-electron chi connectivity index (χ0n) is 10.8. The lowest BCUT2D eigenvalue weighted by atomic mass is 9.99. The van der Waals surface area contributed by atoms with Gasteiger partial charge in [0.25, 0.3) is 0 Å². The van der Waals surface area contributed by atoms with Gasteiger partial charge in [0.1, 0.15) is 5.69 Å². The molecule has 3 rings (SSSR count). The molecule has 3 nitrogen and oxygen atoms in total. The number of rotatable bonds is 2. The van der Waals surface area contributed by atoms with Crippen molar-refractivity contribution in [3.05, 3.63) is 53.1 Å². The molecule has 0 bridgehead atoms. The molecule has 3 aromatic rings. The Bertz CT molecular complexity index is 799. The second-order valence-corrected chi connectivity index (χ2v) is 5.08. The van der Waals surface area contributed by atoms with Gasteiger partial charge in [0.15, 0.2) is 5.58 Å². The van der Waals surface area contributed by atoms with Crippen LogP contribution in [0.5, 0.6) is 0 Å². The number of aromatic nitrogens is 1. The monoisotopic (exact) mass is 282 g/mol. The SMILES string of the molecule is CC(C#N)c1ccc2onc(-c3ccc(Cl)cc3)c2c1. The van der Waals surface area contributed by atoms with Crippen LogP contribution in [-0.4, -0.2) is 5.16 Å². The lowest BCUT2D eigenvalue weighted by Crippen LogP contribution is -1.88. The Balaban J connectivity index is 2.16. The van der Waals surface area contributed by atoms with E-state index in [1.54, 1.807) is 0 Å². The predicted octanol–water partition coefficient (Wildman–Crippen LogP) is 4.78. The first-order chi connectivity index (χ1) is 9.69. The number of nitrogens with zero attached hydrogens (tertiary/aromatic N) is 2. The Morgan fingerprint density at radius 3 is 2.65 bits per heavy atom. The summed E-state index contributed by atoms with van der Waals surface area (Å²) >= 11 is 5.90. The molecule has 98 valence electrons. The number of hydrogen-bond acceptors (Lipinski definition) is 3. The first-order valence-corrected chi connectivity index (χ1v) is 6.61. The van der Waals surface area contributed by atoms with Crippen LogP contribution in [0.25, 0.3) is 22.2 Å². The zero-order chi connectivity index (χ0) is 14.1. The molecule has 0 spiro atoms. The molecule has 0 N–H and O–H groups in total. The van der Waals surface area contributed by atoms with E-state index in [-0.39, 0.29) is 5.92 Å². The maximum Gasteiger partial charge on any atom is 0.167 e. The van der Waals surface area contributed by atoms with Crippen LogP contribution in [0.2, 0.25) is 5.02 Å². The van der Waals surface area contributed by atoms with E-state index in [0.29, 0.717) is 10.6 Å². The highest BCUT2D eigenvalue weighted by molar-refractivity contribution is 6.30. The van der Waals surface area contributed by atoms with Gasteiger partial charge in [-0.2, -0.15) is 5.26 Å². The Morgan fingerprint density at radius 1 is 1.20 bits per heavy atom. The van der Waals surface area contributed by atoms with Crippen molar-refractivity contribution < 1.29 is 4.52 Å². The van der Waals surface area contributed by atoms with Crippen molar-refractivity contribution in [2.45, 2.75) is 12.8 Å². The molecule has 2 aromatic carbocycles. The van der Waals surface area contributed by atoms with Gasteiger partial charge in [-0.15, -0.1) is 0 Å². The van der Waals surface area contributed by atoms with E-state index >= 15 is 0 Å². The summed E-state index contributed by atoms with van der Waals surface area (Å²) in [6, 6.07) is 15.4. The normalized spacial score (nSPS) is 12.2. The minimum absolute atomic E-state index is 0.160. The summed E-state index contributed by atoms with van der Waals surface area (Å²) in [6.07, 6.45) is 0. The van der Waals surface area contributed by atoms with Gasteiger partial charge in [-0.25, -0.2) is 0 Å². The van der Waals surface area contributed by atoms with Gasteiger partial charge in [-0.1, -0.05) is 35.0 Å². The standard InChI is InChI=1S/C16H11ClN2O/c1-10(9-18)12-4-7-15-14(8-12)16(19-20-15)11-2-5-13(17)6-3-11/h2-8,10H,1H3. The lowest BCUT2D eigenvalue weighted by Gasteiger charge is -2.02. The summed E-state index contributed by atoms with van der Waals surface area (Å²) in [5, 5.41) is 14.7. The Labute approximate surface area is 121 Å². The molecule has 1 aromatic heterocycles. The summed E-state index contributed by atoms with van der Waals surface area (Å²) in [7, 11) is 0. The molecular formula is C16H11ClN2O. The van der Waals surface area contributed by atoms with Crippen molar-refractivity contribution in [3.63, 3.8) is 0 Å². The van der Waals surface area contributed by atoms with E-state index in [2.05, 4.69) is 11.2 Å². The van der Waals surface area contributed by atoms with Gasteiger partial charge in [-0.05, 0) is 36.8 Å². The van der Waals surface area contributed by atoms with Crippen molar-refractivity contribution in [1.29, 1.82) is 5.26 Å². The fourth-order valence-corrected chi connectivity index (χ4v) is 2.24. The highest BCUT2D eigenvalue weighted by Crippen LogP contribution is 2.31. The fraction of sp³-hybridized carbons (Fsp3) is 0.125. The first kappa shape index (κ1) is 12.7. The average Bonchev–Trinajstić information content (AvgIpc) is 2.90. The zero-order valence-corrected chi connectivity index (χ0v) is 11.6. The number of nitriles is 1. The molecular weight excluding hydrogens is 272 g/mol. The summed E-state index contributed by atoms with van der Waals surface area (Å²) in [5.74, 6) is -0.160. The molecule has 0 aliphatic rings. The van der Waals surface area contributed by atoms with Crippen LogP contribution in [-0.2, 0) is 0 Å². The maximum atomic E-state index is 9.02. The lowest BCUT2D eigenvalue weighted by molar-refractivity contribution is 0.459. The summed E-state index contributed by atoms with van der Waals surface area (Å²) in [6.45, 7) is 1.87. The van der Waals surface area contributed by atoms with Gasteiger partial charge >= 0.3 is 0 Å². The molecule has 1 unspecified atom stereocenters. The van der Waals surface area contributed by atoms with E-state index in [1.165, 1.54) is 0 Å². The van der Waals surface area contributed by atoms with Gasteiger partial charge < -0.3 is 4.52 Å². The van der Waals surface area contributed by atoms with E-state index < -0.39 is 0 Å². The summed E-state index contributed by atoms with van der Waals surface area (Å²) in [4.78, 5) is 0. The molecule has 0 aliphatic heterocycles. The third-order valence-electron chi connectivity index (χ3n) is 3.31. The molecule has 1 heterocycles. The van der Waals surface area contributed by atoms with Gasteiger partial charge in [0.2, 0.25) is 0 Å². The van der Waals surface area contributed by atoms with Crippen LogP contribution in [0.1, 0.15) is 18.4 Å². The molecule has 20 heavy (non-hydrogen) atoms. The molecule has 0 saturated heterocycles. The molecule has 0 amide bonds. The molecule has 4 heteroatoms. The Hall–Kier alpha value is -2.31. The van der Waals surface area contributed by atoms with Gasteiger partial charge in [0, 0.05) is 10.6 Å². The predicted molar refractivity (Wildman–Crippen MR) is 78.5 cm³/mol.